The third-order valence-corrected chi connectivity index (χ3v) is 12.6. The Labute approximate surface area is 242 Å². The van der Waals surface area contributed by atoms with E-state index in [2.05, 4.69) is 29.0 Å². The predicted octanol–water partition coefficient (Wildman–Crippen LogP) is 3.83. The van der Waals surface area contributed by atoms with Gasteiger partial charge in [-0.2, -0.15) is 0 Å². The van der Waals surface area contributed by atoms with Crippen LogP contribution in [0, 0.1) is 5.92 Å². The Morgan fingerprint density at radius 3 is 2.59 bits per heavy atom. The van der Waals surface area contributed by atoms with Crippen molar-refractivity contribution in [2.45, 2.75) is 98.8 Å². The molecule has 7 aliphatic rings. The number of likely N-dealkylation sites (N-methyl/N-ethyl adjacent to an activating group) is 2. The lowest BCUT2D eigenvalue weighted by molar-refractivity contribution is -0.185. The van der Waals surface area contributed by atoms with Gasteiger partial charge in [-0.3, -0.25) is 4.79 Å². The first-order valence-electron chi connectivity index (χ1n) is 15.7. The minimum absolute atomic E-state index is 0.00319. The average Bonchev–Trinajstić information content (AvgIpc) is 3.33. The number of nitrogens with zero attached hydrogens (tertiary/aromatic N) is 2. The van der Waals surface area contributed by atoms with Gasteiger partial charge in [-0.25, -0.2) is 0 Å². The van der Waals surface area contributed by atoms with Crippen LogP contribution < -0.4 is 4.74 Å². The molecule has 0 unspecified atom stereocenters. The molecule has 2 aromatic carbocycles. The van der Waals surface area contributed by atoms with Crippen molar-refractivity contribution in [1.29, 1.82) is 0 Å². The zero-order chi connectivity index (χ0) is 28.3. The quantitative estimate of drug-likeness (QED) is 0.453. The van der Waals surface area contributed by atoms with Gasteiger partial charge < -0.3 is 29.9 Å². The number of Topliss-reactive ketones (excluding diaryl/α,β-unsaturated/α-hetero) is 1. The van der Waals surface area contributed by atoms with E-state index in [1.807, 2.05) is 19.2 Å². The fourth-order valence-corrected chi connectivity index (χ4v) is 10.7. The number of hydrogen-bond donors (Lipinski definition) is 3. The lowest BCUT2D eigenvalue weighted by Gasteiger charge is -2.61. The molecule has 0 amide bonds. The topological polar surface area (TPSA) is 93.5 Å². The molecule has 9 rings (SSSR count). The molecule has 2 saturated heterocycles. The van der Waals surface area contributed by atoms with Gasteiger partial charge in [0.15, 0.2) is 23.4 Å². The molecule has 4 bridgehead atoms. The number of benzene rings is 2. The molecule has 218 valence electrons. The van der Waals surface area contributed by atoms with Crippen molar-refractivity contribution >= 4 is 5.78 Å². The first kappa shape index (κ1) is 26.1. The van der Waals surface area contributed by atoms with Crippen LogP contribution in [-0.4, -0.2) is 81.9 Å². The van der Waals surface area contributed by atoms with Crippen LogP contribution in [0.25, 0.3) is 0 Å². The van der Waals surface area contributed by atoms with Crippen molar-refractivity contribution in [2.75, 3.05) is 27.2 Å². The second-order valence-corrected chi connectivity index (χ2v) is 14.1. The minimum Gasteiger partial charge on any atom is -0.508 e. The van der Waals surface area contributed by atoms with Gasteiger partial charge in [-0.1, -0.05) is 25.0 Å². The van der Waals surface area contributed by atoms with Gasteiger partial charge in [0.1, 0.15) is 5.75 Å². The highest BCUT2D eigenvalue weighted by atomic mass is 16.5. The van der Waals surface area contributed by atoms with E-state index in [4.69, 9.17) is 4.74 Å². The van der Waals surface area contributed by atoms with E-state index in [-0.39, 0.29) is 17.6 Å². The maximum absolute atomic E-state index is 12.5. The fourth-order valence-electron chi connectivity index (χ4n) is 10.7. The SMILES string of the molecule is CN1CC[C@]23CCCC[C@H]2[C@H]1Cc1ccc(O)cc13.CN1CC[C@]23c4c5ccc(O)c4O[C@H]2C(=O)CC[C@@]3(O)[C@H]1C5. The molecule has 3 N–H and O–H groups in total. The normalized spacial score (nSPS) is 39.9. The summed E-state index contributed by atoms with van der Waals surface area (Å²) in [6, 6.07) is 10.4. The molecular formula is C34H42N2O5. The molecule has 41 heavy (non-hydrogen) atoms. The van der Waals surface area contributed by atoms with Crippen LogP contribution >= 0.6 is 0 Å². The first-order valence-corrected chi connectivity index (χ1v) is 15.7. The molecule has 2 aromatic rings. The van der Waals surface area contributed by atoms with Crippen molar-refractivity contribution in [3.05, 3.63) is 52.6 Å². The van der Waals surface area contributed by atoms with Crippen LogP contribution in [0.2, 0.25) is 0 Å². The number of carbonyl (C=O) groups excluding carboxylic acids is 1. The Morgan fingerprint density at radius 2 is 1.73 bits per heavy atom. The molecule has 3 heterocycles. The predicted molar refractivity (Wildman–Crippen MR) is 155 cm³/mol. The lowest BCUT2D eigenvalue weighted by Crippen LogP contribution is -2.76. The summed E-state index contributed by atoms with van der Waals surface area (Å²) in [6.07, 6.45) is 9.53. The molecule has 7 nitrogen and oxygen atoms in total. The number of aliphatic hydroxyl groups is 1. The van der Waals surface area contributed by atoms with Crippen LogP contribution in [0.3, 0.4) is 0 Å². The second kappa shape index (κ2) is 8.71. The number of phenolic OH excluding ortho intramolecular Hbond substituents is 2. The highest BCUT2D eigenvalue weighted by Crippen LogP contribution is 2.64. The van der Waals surface area contributed by atoms with Crippen LogP contribution in [0.1, 0.15) is 73.6 Å². The molecule has 1 spiro atoms. The summed E-state index contributed by atoms with van der Waals surface area (Å²) in [5, 5.41) is 31.8. The molecule has 4 aliphatic carbocycles. The number of phenols is 2. The van der Waals surface area contributed by atoms with Gasteiger partial charge in [0, 0.05) is 29.5 Å². The summed E-state index contributed by atoms with van der Waals surface area (Å²) in [5.74, 6) is 1.83. The van der Waals surface area contributed by atoms with Gasteiger partial charge in [0.2, 0.25) is 0 Å². The number of aromatic hydroxyl groups is 2. The standard InChI is InChI=1S/C17H19NO4.C17H23NO/c1-18-7-6-16-13-9-2-3-10(19)14(13)22-15(16)11(20)4-5-17(16,21)12(18)8-9;1-18-9-8-17-7-3-2-4-14(17)16(18)10-12-5-6-13(19)11-15(12)17/h2-3,12,15,19,21H,4-8H2,1H3;5-6,11,14,16,19H,2-4,7-10H2,1H3/t12-,15+,16+,17-;14-,16+,17+/m10/s1. The summed E-state index contributed by atoms with van der Waals surface area (Å²) in [4.78, 5) is 17.3. The maximum Gasteiger partial charge on any atom is 0.174 e. The van der Waals surface area contributed by atoms with Crippen LogP contribution in [0.4, 0.5) is 0 Å². The van der Waals surface area contributed by atoms with Crippen molar-refractivity contribution in [3.8, 4) is 17.2 Å². The van der Waals surface area contributed by atoms with Crippen LogP contribution in [-0.2, 0) is 28.5 Å². The number of fused-ring (bicyclic) bond motifs is 1. The van der Waals surface area contributed by atoms with Crippen LogP contribution in [0.15, 0.2) is 30.3 Å². The number of ether oxygens (including phenoxy) is 1. The van der Waals surface area contributed by atoms with Gasteiger partial charge in [-0.15, -0.1) is 0 Å². The molecular weight excluding hydrogens is 516 g/mol. The summed E-state index contributed by atoms with van der Waals surface area (Å²) in [7, 11) is 4.34. The number of likely N-dealkylation sites (tertiary alicyclic amines) is 2. The Morgan fingerprint density at radius 1 is 0.927 bits per heavy atom. The van der Waals surface area contributed by atoms with E-state index in [9.17, 15) is 20.1 Å². The van der Waals surface area contributed by atoms with E-state index in [0.29, 0.717) is 36.2 Å². The van der Waals surface area contributed by atoms with Crippen molar-refractivity contribution in [3.63, 3.8) is 0 Å². The van der Waals surface area contributed by atoms with Crippen LogP contribution in [0.5, 0.6) is 17.2 Å². The second-order valence-electron chi connectivity index (χ2n) is 14.1. The average molecular weight is 559 g/mol. The summed E-state index contributed by atoms with van der Waals surface area (Å²) >= 11 is 0. The van der Waals surface area contributed by atoms with Crippen molar-refractivity contribution in [2.24, 2.45) is 5.92 Å². The molecule has 4 fully saturated rings. The lowest BCUT2D eigenvalue weighted by atomic mass is 9.49. The van der Waals surface area contributed by atoms with E-state index >= 15 is 0 Å². The van der Waals surface area contributed by atoms with Crippen molar-refractivity contribution < 1.29 is 24.9 Å². The first-order chi connectivity index (χ1) is 19.7. The van der Waals surface area contributed by atoms with E-state index < -0.39 is 17.1 Å². The summed E-state index contributed by atoms with van der Waals surface area (Å²) in [6.45, 7) is 2.05. The zero-order valence-corrected chi connectivity index (χ0v) is 24.2. The number of piperidine rings is 2. The Bertz CT molecular complexity index is 1440. The number of ketones is 1. The van der Waals surface area contributed by atoms with Gasteiger partial charge >= 0.3 is 0 Å². The number of rotatable bonds is 0. The van der Waals surface area contributed by atoms with Gasteiger partial charge in [0.05, 0.1) is 11.0 Å². The Balaban J connectivity index is 0.000000126. The summed E-state index contributed by atoms with van der Waals surface area (Å²) in [5.41, 5.74) is 3.73. The molecule has 7 atom stereocenters. The molecule has 0 aromatic heterocycles. The third kappa shape index (κ3) is 3.23. The van der Waals surface area contributed by atoms with Crippen molar-refractivity contribution in [1.82, 2.24) is 9.80 Å². The van der Waals surface area contributed by atoms with E-state index in [1.54, 1.807) is 6.07 Å². The Hall–Kier alpha value is -2.61. The monoisotopic (exact) mass is 558 g/mol. The number of hydrogen-bond acceptors (Lipinski definition) is 7. The smallest absolute Gasteiger partial charge is 0.174 e. The molecule has 7 heteroatoms. The highest BCUT2D eigenvalue weighted by Gasteiger charge is 2.72. The van der Waals surface area contributed by atoms with Gasteiger partial charge in [0.25, 0.3) is 0 Å². The minimum atomic E-state index is -0.954. The fraction of sp³-hybridized carbons (Fsp3) is 0.618. The molecule has 0 radical (unpaired) electrons. The van der Waals surface area contributed by atoms with E-state index in [0.717, 1.165) is 36.1 Å². The van der Waals surface area contributed by atoms with Gasteiger partial charge in [-0.05, 0) is 113 Å². The Kier molecular flexibility index (Phi) is 5.53. The summed E-state index contributed by atoms with van der Waals surface area (Å²) < 4.78 is 5.94. The third-order valence-electron chi connectivity index (χ3n) is 12.6. The largest absolute Gasteiger partial charge is 0.508 e. The molecule has 3 aliphatic heterocycles. The molecule has 2 saturated carbocycles. The zero-order valence-electron chi connectivity index (χ0n) is 24.2. The highest BCUT2D eigenvalue weighted by molar-refractivity contribution is 5.90. The van der Waals surface area contributed by atoms with E-state index in [1.165, 1.54) is 56.2 Å². The number of carbonyl (C=O) groups is 1. The maximum atomic E-state index is 12.5.